The largest absolute Gasteiger partial charge is 0.472 e. The van der Waals surface area contributed by atoms with Crippen LogP contribution in [0, 0.1) is 5.92 Å². The zero-order valence-electron chi connectivity index (χ0n) is 57.6. The standard InChI is InChI=1S/C70H136O17P2/c1-6-9-12-15-18-21-23-24-25-26-30-35-39-44-49-54-68(73)81-60-66(87-70(75)56-51-46-41-36-31-28-27-29-33-37-42-47-52-63(4)5)62-85-89(78,79)83-58-64(71)57-82-88(76,77)84-61-65(59-80-67(72)53-48-43-38-32-20-17-14-11-8-3)86-69(74)55-50-45-40-34-22-19-16-13-10-7-2/h63-66,71H,6-62H2,1-5H3,(H,76,77)(H,78,79)/t64-,65+,66+/m0/s1. The Morgan fingerprint density at radius 1 is 0.303 bits per heavy atom. The summed E-state index contributed by atoms with van der Waals surface area (Å²) in [6, 6.07) is 0. The topological polar surface area (TPSA) is 237 Å². The van der Waals surface area contributed by atoms with Crippen LogP contribution in [0.1, 0.15) is 362 Å². The molecule has 0 radical (unpaired) electrons. The molecule has 19 heteroatoms. The molecule has 0 fully saturated rings. The van der Waals surface area contributed by atoms with Crippen molar-refractivity contribution in [1.29, 1.82) is 0 Å². The molecular weight excluding hydrogens is 1170 g/mol. The molecule has 528 valence electrons. The molecule has 3 N–H and O–H groups in total. The quantitative estimate of drug-likeness (QED) is 0.0222. The Labute approximate surface area is 543 Å². The van der Waals surface area contributed by atoms with Gasteiger partial charge in [-0.25, -0.2) is 9.13 Å². The molecular formula is C70H136O17P2. The number of unbranched alkanes of at least 4 members (excludes halogenated alkanes) is 42. The summed E-state index contributed by atoms with van der Waals surface area (Å²) in [6.45, 7) is 7.24. The number of hydrogen-bond acceptors (Lipinski definition) is 15. The van der Waals surface area contributed by atoms with Gasteiger partial charge < -0.3 is 33.8 Å². The van der Waals surface area contributed by atoms with Gasteiger partial charge in [0.15, 0.2) is 12.2 Å². The third-order valence-corrected chi connectivity index (χ3v) is 18.2. The number of aliphatic hydroxyl groups is 1. The number of aliphatic hydroxyl groups excluding tert-OH is 1. The van der Waals surface area contributed by atoms with E-state index in [4.69, 9.17) is 37.0 Å². The normalized spacial score (nSPS) is 14.1. The van der Waals surface area contributed by atoms with Gasteiger partial charge in [0.25, 0.3) is 0 Å². The second kappa shape index (κ2) is 63.5. The van der Waals surface area contributed by atoms with E-state index in [-0.39, 0.29) is 25.7 Å². The zero-order valence-corrected chi connectivity index (χ0v) is 59.4. The van der Waals surface area contributed by atoms with E-state index in [1.54, 1.807) is 0 Å². The Morgan fingerprint density at radius 2 is 0.517 bits per heavy atom. The summed E-state index contributed by atoms with van der Waals surface area (Å²) < 4.78 is 68.2. The van der Waals surface area contributed by atoms with E-state index in [0.29, 0.717) is 25.7 Å². The zero-order chi connectivity index (χ0) is 65.6. The molecule has 0 aromatic heterocycles. The Hall–Kier alpha value is -1.94. The van der Waals surface area contributed by atoms with Crippen LogP contribution in [0.3, 0.4) is 0 Å². The first-order valence-electron chi connectivity index (χ1n) is 36.6. The highest BCUT2D eigenvalue weighted by Gasteiger charge is 2.30. The van der Waals surface area contributed by atoms with Crippen LogP contribution < -0.4 is 0 Å². The van der Waals surface area contributed by atoms with Crippen molar-refractivity contribution in [2.75, 3.05) is 39.6 Å². The molecule has 0 heterocycles. The molecule has 0 aliphatic rings. The second-order valence-electron chi connectivity index (χ2n) is 25.7. The minimum Gasteiger partial charge on any atom is -0.462 e. The number of hydrogen-bond donors (Lipinski definition) is 3. The van der Waals surface area contributed by atoms with Crippen LogP contribution in [-0.4, -0.2) is 96.7 Å². The number of carbonyl (C=O) groups excluding carboxylic acids is 4. The molecule has 2 unspecified atom stereocenters. The van der Waals surface area contributed by atoms with Crippen LogP contribution in [0.15, 0.2) is 0 Å². The van der Waals surface area contributed by atoms with E-state index in [2.05, 4.69) is 34.6 Å². The number of ether oxygens (including phenoxy) is 4. The van der Waals surface area contributed by atoms with Crippen LogP contribution in [-0.2, 0) is 65.4 Å². The average molecular weight is 1310 g/mol. The monoisotopic (exact) mass is 1310 g/mol. The van der Waals surface area contributed by atoms with Crippen molar-refractivity contribution in [3.05, 3.63) is 0 Å². The Kier molecular flexibility index (Phi) is 62.1. The number of phosphoric acid groups is 2. The lowest BCUT2D eigenvalue weighted by atomic mass is 10.0. The molecule has 0 aliphatic carbocycles. The van der Waals surface area contributed by atoms with Gasteiger partial charge in [-0.15, -0.1) is 0 Å². The maximum Gasteiger partial charge on any atom is 0.472 e. The summed E-state index contributed by atoms with van der Waals surface area (Å²) in [4.78, 5) is 72.5. The minimum absolute atomic E-state index is 0.107. The highest BCUT2D eigenvalue weighted by Crippen LogP contribution is 2.45. The fourth-order valence-corrected chi connectivity index (χ4v) is 12.2. The molecule has 0 spiro atoms. The Bertz CT molecular complexity index is 1720. The van der Waals surface area contributed by atoms with E-state index in [9.17, 15) is 43.2 Å². The average Bonchev–Trinajstić information content (AvgIpc) is 3.56. The summed E-state index contributed by atoms with van der Waals surface area (Å²) in [7, 11) is -9.89. The van der Waals surface area contributed by atoms with E-state index < -0.39 is 97.5 Å². The summed E-state index contributed by atoms with van der Waals surface area (Å²) in [5.74, 6) is -1.35. The van der Waals surface area contributed by atoms with Crippen molar-refractivity contribution in [1.82, 2.24) is 0 Å². The van der Waals surface area contributed by atoms with Crippen molar-refractivity contribution >= 4 is 39.5 Å². The van der Waals surface area contributed by atoms with Gasteiger partial charge in [-0.3, -0.25) is 37.3 Å². The van der Waals surface area contributed by atoms with Gasteiger partial charge in [-0.05, 0) is 31.6 Å². The van der Waals surface area contributed by atoms with E-state index >= 15 is 0 Å². The minimum atomic E-state index is -4.95. The number of rotatable bonds is 70. The molecule has 0 aromatic carbocycles. The molecule has 5 atom stereocenters. The summed E-state index contributed by atoms with van der Waals surface area (Å²) in [6.07, 6.45) is 49.8. The molecule has 89 heavy (non-hydrogen) atoms. The smallest absolute Gasteiger partial charge is 0.462 e. The lowest BCUT2D eigenvalue weighted by Crippen LogP contribution is -2.30. The second-order valence-corrected chi connectivity index (χ2v) is 28.7. The fraction of sp³-hybridized carbons (Fsp3) is 0.943. The van der Waals surface area contributed by atoms with Crippen LogP contribution in [0.25, 0.3) is 0 Å². The molecule has 0 saturated carbocycles. The summed E-state index contributed by atoms with van der Waals surface area (Å²) in [5, 5.41) is 10.6. The van der Waals surface area contributed by atoms with Crippen LogP contribution in [0.2, 0.25) is 0 Å². The molecule has 0 bridgehead atoms. The molecule has 0 aromatic rings. The van der Waals surface area contributed by atoms with Gasteiger partial charge in [-0.2, -0.15) is 0 Å². The van der Waals surface area contributed by atoms with Crippen molar-refractivity contribution in [3.63, 3.8) is 0 Å². The maximum absolute atomic E-state index is 13.0. The highest BCUT2D eigenvalue weighted by atomic mass is 31.2. The van der Waals surface area contributed by atoms with Gasteiger partial charge >= 0.3 is 39.5 Å². The molecule has 0 rings (SSSR count). The number of esters is 4. The van der Waals surface area contributed by atoms with Crippen LogP contribution in [0.5, 0.6) is 0 Å². The third kappa shape index (κ3) is 64.6. The number of phosphoric ester groups is 2. The summed E-state index contributed by atoms with van der Waals surface area (Å²) >= 11 is 0. The predicted octanol–water partition coefficient (Wildman–Crippen LogP) is 20.1. The molecule has 0 amide bonds. The maximum atomic E-state index is 13.0. The van der Waals surface area contributed by atoms with Gasteiger partial charge in [0.2, 0.25) is 0 Å². The lowest BCUT2D eigenvalue weighted by Gasteiger charge is -2.21. The van der Waals surface area contributed by atoms with Crippen molar-refractivity contribution in [2.24, 2.45) is 5.92 Å². The van der Waals surface area contributed by atoms with Gasteiger partial charge in [0, 0.05) is 25.7 Å². The van der Waals surface area contributed by atoms with E-state index in [0.717, 1.165) is 95.8 Å². The summed E-state index contributed by atoms with van der Waals surface area (Å²) in [5.41, 5.74) is 0. The molecule has 0 aliphatic heterocycles. The highest BCUT2D eigenvalue weighted by molar-refractivity contribution is 7.47. The van der Waals surface area contributed by atoms with Crippen LogP contribution >= 0.6 is 15.6 Å². The van der Waals surface area contributed by atoms with Crippen molar-refractivity contribution in [2.45, 2.75) is 380 Å². The first kappa shape index (κ1) is 87.1. The third-order valence-electron chi connectivity index (χ3n) is 16.3. The van der Waals surface area contributed by atoms with Gasteiger partial charge in [-0.1, -0.05) is 311 Å². The Balaban J connectivity index is 5.22. The Morgan fingerprint density at radius 3 is 0.764 bits per heavy atom. The SMILES string of the molecule is CCCCCCCCCCCCCCCCCC(=O)OC[C@H](COP(=O)(O)OC[C@@H](O)COP(=O)(O)OC[C@@H](COC(=O)CCCCCCCCCCC)OC(=O)CCCCCCCCCCCC)OC(=O)CCCCCCCCCCCCCCC(C)C. The van der Waals surface area contributed by atoms with E-state index in [1.807, 2.05) is 0 Å². The number of carbonyl (C=O) groups is 4. The first-order chi connectivity index (χ1) is 43.0. The lowest BCUT2D eigenvalue weighted by molar-refractivity contribution is -0.161. The van der Waals surface area contributed by atoms with Crippen molar-refractivity contribution < 1.29 is 80.2 Å². The predicted molar refractivity (Wildman–Crippen MR) is 358 cm³/mol. The molecule has 17 nitrogen and oxygen atoms in total. The van der Waals surface area contributed by atoms with Crippen LogP contribution in [0.4, 0.5) is 0 Å². The van der Waals surface area contributed by atoms with Crippen molar-refractivity contribution in [3.8, 4) is 0 Å². The fourth-order valence-electron chi connectivity index (χ4n) is 10.6. The van der Waals surface area contributed by atoms with Gasteiger partial charge in [0.05, 0.1) is 26.4 Å². The van der Waals surface area contributed by atoms with Gasteiger partial charge in [0.1, 0.15) is 19.3 Å². The van der Waals surface area contributed by atoms with E-state index in [1.165, 1.54) is 186 Å². The molecule has 0 saturated heterocycles. The first-order valence-corrected chi connectivity index (χ1v) is 39.6.